The number of methoxy groups -OCH3 is 1. The van der Waals surface area contributed by atoms with Crippen molar-refractivity contribution in [3.8, 4) is 5.75 Å². The van der Waals surface area contributed by atoms with E-state index in [0.717, 1.165) is 17.7 Å². The number of nitrogens with one attached hydrogen (secondary N) is 1. The van der Waals surface area contributed by atoms with E-state index < -0.39 is 0 Å². The number of carbonyl (C=O) groups is 1. The lowest BCUT2D eigenvalue weighted by Gasteiger charge is -2.21. The van der Waals surface area contributed by atoms with Gasteiger partial charge in [-0.3, -0.25) is 4.79 Å². The van der Waals surface area contributed by atoms with Gasteiger partial charge in [0.2, 0.25) is 5.91 Å². The van der Waals surface area contributed by atoms with Gasteiger partial charge in [0, 0.05) is 26.2 Å². The second kappa shape index (κ2) is 10.2. The third-order valence-electron chi connectivity index (χ3n) is 3.66. The van der Waals surface area contributed by atoms with Crippen molar-refractivity contribution in [2.24, 2.45) is 0 Å². The normalized spacial score (nSPS) is 12.0. The molecule has 0 aliphatic rings. The Bertz CT molecular complexity index is 434. The molecular formula is C17H28N2O3. The Balaban J connectivity index is 2.39. The number of nitrogens with zero attached hydrogens (tertiary/aromatic N) is 1. The van der Waals surface area contributed by atoms with Crippen molar-refractivity contribution in [2.45, 2.75) is 32.8 Å². The molecule has 0 saturated carbocycles. The third-order valence-corrected chi connectivity index (χ3v) is 3.66. The zero-order valence-electron chi connectivity index (χ0n) is 13.8. The minimum absolute atomic E-state index is 0.116. The maximum atomic E-state index is 12.3. The Morgan fingerprint density at radius 3 is 2.55 bits per heavy atom. The van der Waals surface area contributed by atoms with E-state index in [1.807, 2.05) is 43.0 Å². The molecule has 0 aromatic heterocycles. The Hall–Kier alpha value is -1.59. The van der Waals surface area contributed by atoms with E-state index in [1.54, 1.807) is 7.11 Å². The van der Waals surface area contributed by atoms with E-state index in [9.17, 15) is 9.90 Å². The highest BCUT2D eigenvalue weighted by Gasteiger charge is 2.12. The molecule has 0 bridgehead atoms. The topological polar surface area (TPSA) is 61.8 Å². The molecule has 0 spiro atoms. The van der Waals surface area contributed by atoms with Gasteiger partial charge in [0.15, 0.2) is 0 Å². The monoisotopic (exact) mass is 308 g/mol. The number of hydrogen-bond donors (Lipinski definition) is 2. The minimum atomic E-state index is -0.315. The van der Waals surface area contributed by atoms with Crippen LogP contribution in [-0.4, -0.2) is 55.3 Å². The second-order valence-corrected chi connectivity index (χ2v) is 5.26. The number of carbonyl (C=O) groups excluding carboxylic acids is 1. The predicted molar refractivity (Wildman–Crippen MR) is 88.1 cm³/mol. The van der Waals surface area contributed by atoms with E-state index in [0.29, 0.717) is 32.6 Å². The SMILES string of the molecule is CCC(O)CNCCN(CC)C(=O)Cc1ccc(OC)cc1. The van der Waals surface area contributed by atoms with Crippen LogP contribution in [0.5, 0.6) is 5.75 Å². The third kappa shape index (κ3) is 6.45. The number of benzene rings is 1. The quantitative estimate of drug-likeness (QED) is 0.642. The van der Waals surface area contributed by atoms with Crippen molar-refractivity contribution < 1.29 is 14.6 Å². The summed E-state index contributed by atoms with van der Waals surface area (Å²) < 4.78 is 5.11. The lowest BCUT2D eigenvalue weighted by molar-refractivity contribution is -0.130. The van der Waals surface area contributed by atoms with Gasteiger partial charge in [-0.1, -0.05) is 19.1 Å². The van der Waals surface area contributed by atoms with Crippen LogP contribution in [0.2, 0.25) is 0 Å². The Labute approximate surface area is 133 Å². The van der Waals surface area contributed by atoms with Crippen LogP contribution in [0.4, 0.5) is 0 Å². The van der Waals surface area contributed by atoms with Crippen LogP contribution in [0.1, 0.15) is 25.8 Å². The first-order chi connectivity index (χ1) is 10.6. The van der Waals surface area contributed by atoms with Gasteiger partial charge in [0.05, 0.1) is 19.6 Å². The summed E-state index contributed by atoms with van der Waals surface area (Å²) in [4.78, 5) is 14.1. The summed E-state index contributed by atoms with van der Waals surface area (Å²) in [6.07, 6.45) is 0.820. The molecule has 5 nitrogen and oxygen atoms in total. The first kappa shape index (κ1) is 18.5. The molecule has 124 valence electrons. The standard InChI is InChI=1S/C17H28N2O3/c1-4-15(20)13-18-10-11-19(5-2)17(21)12-14-6-8-16(22-3)9-7-14/h6-9,15,18,20H,4-5,10-13H2,1-3H3. The largest absolute Gasteiger partial charge is 0.497 e. The molecule has 0 saturated heterocycles. The Morgan fingerprint density at radius 2 is 2.00 bits per heavy atom. The van der Waals surface area contributed by atoms with Crippen molar-refractivity contribution in [3.63, 3.8) is 0 Å². The molecule has 0 aliphatic carbocycles. The van der Waals surface area contributed by atoms with Gasteiger partial charge in [-0.2, -0.15) is 0 Å². The van der Waals surface area contributed by atoms with Gasteiger partial charge >= 0.3 is 0 Å². The summed E-state index contributed by atoms with van der Waals surface area (Å²) in [6, 6.07) is 7.57. The molecule has 1 amide bonds. The highest BCUT2D eigenvalue weighted by Crippen LogP contribution is 2.12. The summed E-state index contributed by atoms with van der Waals surface area (Å²) >= 11 is 0. The number of amides is 1. The van der Waals surface area contributed by atoms with Gasteiger partial charge in [-0.05, 0) is 31.0 Å². The molecule has 1 rings (SSSR count). The maximum Gasteiger partial charge on any atom is 0.227 e. The number of ether oxygens (including phenoxy) is 1. The molecular weight excluding hydrogens is 280 g/mol. The van der Waals surface area contributed by atoms with Crippen molar-refractivity contribution >= 4 is 5.91 Å². The van der Waals surface area contributed by atoms with Crippen molar-refractivity contribution in [2.75, 3.05) is 33.3 Å². The van der Waals surface area contributed by atoms with E-state index in [4.69, 9.17) is 4.74 Å². The molecule has 1 aromatic carbocycles. The van der Waals surface area contributed by atoms with Crippen molar-refractivity contribution in [1.29, 1.82) is 0 Å². The highest BCUT2D eigenvalue weighted by molar-refractivity contribution is 5.78. The summed E-state index contributed by atoms with van der Waals surface area (Å²) in [6.45, 7) is 6.53. The predicted octanol–water partition coefficient (Wildman–Crippen LogP) is 1.45. The first-order valence-electron chi connectivity index (χ1n) is 7.90. The molecule has 5 heteroatoms. The molecule has 1 atom stereocenters. The lowest BCUT2D eigenvalue weighted by atomic mass is 10.1. The van der Waals surface area contributed by atoms with E-state index in [1.165, 1.54) is 0 Å². The Morgan fingerprint density at radius 1 is 1.32 bits per heavy atom. The lowest BCUT2D eigenvalue weighted by Crippen LogP contribution is -2.39. The number of aliphatic hydroxyl groups is 1. The van der Waals surface area contributed by atoms with Crippen LogP contribution in [0.15, 0.2) is 24.3 Å². The zero-order valence-corrected chi connectivity index (χ0v) is 13.8. The van der Waals surface area contributed by atoms with E-state index in [2.05, 4.69) is 5.32 Å². The summed E-state index contributed by atoms with van der Waals surface area (Å²) in [5, 5.41) is 12.6. The van der Waals surface area contributed by atoms with Crippen molar-refractivity contribution in [3.05, 3.63) is 29.8 Å². The van der Waals surface area contributed by atoms with E-state index >= 15 is 0 Å². The molecule has 0 heterocycles. The van der Waals surface area contributed by atoms with Crippen LogP contribution in [-0.2, 0) is 11.2 Å². The summed E-state index contributed by atoms with van der Waals surface area (Å²) in [7, 11) is 1.63. The van der Waals surface area contributed by atoms with Crippen LogP contribution in [0.25, 0.3) is 0 Å². The van der Waals surface area contributed by atoms with Crippen LogP contribution in [0.3, 0.4) is 0 Å². The molecule has 1 unspecified atom stereocenters. The van der Waals surface area contributed by atoms with Crippen LogP contribution >= 0.6 is 0 Å². The van der Waals surface area contributed by atoms with Crippen molar-refractivity contribution in [1.82, 2.24) is 10.2 Å². The molecule has 1 aromatic rings. The smallest absolute Gasteiger partial charge is 0.227 e. The summed E-state index contributed by atoms with van der Waals surface area (Å²) in [5.41, 5.74) is 0.985. The van der Waals surface area contributed by atoms with Crippen LogP contribution in [0, 0.1) is 0 Å². The average molecular weight is 308 g/mol. The van der Waals surface area contributed by atoms with Gasteiger partial charge in [-0.15, -0.1) is 0 Å². The fourth-order valence-corrected chi connectivity index (χ4v) is 2.12. The van der Waals surface area contributed by atoms with Gasteiger partial charge in [0.25, 0.3) is 0 Å². The molecule has 0 fully saturated rings. The second-order valence-electron chi connectivity index (χ2n) is 5.26. The van der Waals surface area contributed by atoms with Gasteiger partial charge in [0.1, 0.15) is 5.75 Å². The molecule has 22 heavy (non-hydrogen) atoms. The fraction of sp³-hybridized carbons (Fsp3) is 0.588. The zero-order chi connectivity index (χ0) is 16.4. The molecule has 2 N–H and O–H groups in total. The number of rotatable bonds is 10. The van der Waals surface area contributed by atoms with Gasteiger partial charge < -0.3 is 20.1 Å². The number of aliphatic hydroxyl groups excluding tert-OH is 1. The highest BCUT2D eigenvalue weighted by atomic mass is 16.5. The van der Waals surface area contributed by atoms with E-state index in [-0.39, 0.29) is 12.0 Å². The number of hydrogen-bond acceptors (Lipinski definition) is 4. The van der Waals surface area contributed by atoms with Gasteiger partial charge in [-0.25, -0.2) is 0 Å². The average Bonchev–Trinajstić information content (AvgIpc) is 2.55. The summed E-state index contributed by atoms with van der Waals surface area (Å²) in [5.74, 6) is 0.910. The molecule has 0 aliphatic heterocycles. The number of likely N-dealkylation sites (N-methyl/N-ethyl adjacent to an activating group) is 1. The molecule has 0 radical (unpaired) electrons. The first-order valence-corrected chi connectivity index (χ1v) is 7.90. The fourth-order valence-electron chi connectivity index (χ4n) is 2.12. The van der Waals surface area contributed by atoms with Crippen LogP contribution < -0.4 is 10.1 Å². The minimum Gasteiger partial charge on any atom is -0.497 e. The maximum absolute atomic E-state index is 12.3. The Kier molecular flexibility index (Phi) is 8.55.